The topological polar surface area (TPSA) is 71.6 Å². The Hall–Kier alpha value is -3.85. The van der Waals surface area contributed by atoms with Crippen molar-refractivity contribution in [3.8, 4) is 23.0 Å². The highest BCUT2D eigenvalue weighted by molar-refractivity contribution is 5.90. The van der Waals surface area contributed by atoms with Gasteiger partial charge in [0.25, 0.3) is 5.56 Å². The number of hydrogen-bond donors (Lipinski definition) is 0. The van der Waals surface area contributed by atoms with E-state index < -0.39 is 5.82 Å². The first-order chi connectivity index (χ1) is 12.7. The number of rotatable bonds is 2. The van der Waals surface area contributed by atoms with Crippen LogP contribution in [0, 0.1) is 17.1 Å². The molecule has 26 heavy (non-hydrogen) atoms. The molecule has 0 fully saturated rings. The average molecular weight is 342 g/mol. The molecule has 2 aromatic carbocycles. The Morgan fingerprint density at radius 3 is 2.62 bits per heavy atom. The summed E-state index contributed by atoms with van der Waals surface area (Å²) in [6.45, 7) is 0. The highest BCUT2D eigenvalue weighted by Gasteiger charge is 2.14. The number of hydrogen-bond acceptors (Lipinski definition) is 4. The first kappa shape index (κ1) is 15.7. The van der Waals surface area contributed by atoms with E-state index in [4.69, 9.17) is 5.26 Å². The minimum Gasteiger partial charge on any atom is -0.267 e. The summed E-state index contributed by atoms with van der Waals surface area (Å²) in [6.07, 6.45) is 1.59. The molecule has 2 heterocycles. The van der Waals surface area contributed by atoms with E-state index >= 15 is 0 Å². The number of pyridine rings is 1. The van der Waals surface area contributed by atoms with E-state index in [0.29, 0.717) is 33.4 Å². The van der Waals surface area contributed by atoms with Crippen LogP contribution in [0.25, 0.3) is 27.8 Å². The van der Waals surface area contributed by atoms with Gasteiger partial charge in [-0.2, -0.15) is 15.0 Å². The molecule has 0 aliphatic rings. The molecule has 0 saturated carbocycles. The van der Waals surface area contributed by atoms with Gasteiger partial charge in [-0.3, -0.25) is 9.78 Å². The van der Waals surface area contributed by atoms with Gasteiger partial charge in [0, 0.05) is 11.8 Å². The smallest absolute Gasteiger partial charge is 0.267 e. The van der Waals surface area contributed by atoms with E-state index in [1.54, 1.807) is 42.6 Å². The summed E-state index contributed by atoms with van der Waals surface area (Å²) in [6, 6.07) is 17.9. The molecule has 0 amide bonds. The van der Waals surface area contributed by atoms with Crippen LogP contribution in [0.1, 0.15) is 5.56 Å². The highest BCUT2D eigenvalue weighted by atomic mass is 19.1. The van der Waals surface area contributed by atoms with Crippen LogP contribution in [0.3, 0.4) is 0 Å². The van der Waals surface area contributed by atoms with Crippen molar-refractivity contribution in [3.63, 3.8) is 0 Å². The summed E-state index contributed by atoms with van der Waals surface area (Å²) in [5, 5.41) is 14.0. The molecule has 0 atom stereocenters. The number of nitrogens with zero attached hydrogens (tertiary/aromatic N) is 4. The SMILES string of the molecule is N#Cc1cccc(-c2nn(-c3ccc(F)cc3)c(=O)c3cccnc23)c1. The fourth-order valence-electron chi connectivity index (χ4n) is 2.76. The van der Waals surface area contributed by atoms with Crippen molar-refractivity contribution in [2.45, 2.75) is 0 Å². The van der Waals surface area contributed by atoms with E-state index in [1.165, 1.54) is 28.9 Å². The lowest BCUT2D eigenvalue weighted by Crippen LogP contribution is -2.22. The van der Waals surface area contributed by atoms with Crippen LogP contribution in [0.5, 0.6) is 0 Å². The van der Waals surface area contributed by atoms with Crippen LogP contribution >= 0.6 is 0 Å². The quantitative estimate of drug-likeness (QED) is 0.559. The Bertz CT molecular complexity index is 1220. The van der Waals surface area contributed by atoms with Crippen LogP contribution in [0.2, 0.25) is 0 Å². The first-order valence-corrected chi connectivity index (χ1v) is 7.82. The maximum Gasteiger partial charge on any atom is 0.280 e. The Morgan fingerprint density at radius 1 is 1.04 bits per heavy atom. The third kappa shape index (κ3) is 2.62. The van der Waals surface area contributed by atoms with Crippen LogP contribution in [0.4, 0.5) is 4.39 Å². The monoisotopic (exact) mass is 342 g/mol. The fourth-order valence-corrected chi connectivity index (χ4v) is 2.76. The van der Waals surface area contributed by atoms with Gasteiger partial charge in [0.2, 0.25) is 0 Å². The zero-order valence-electron chi connectivity index (χ0n) is 13.4. The second-order valence-electron chi connectivity index (χ2n) is 5.63. The zero-order valence-corrected chi connectivity index (χ0v) is 13.4. The van der Waals surface area contributed by atoms with Crippen molar-refractivity contribution in [2.75, 3.05) is 0 Å². The Labute approximate surface area is 147 Å². The van der Waals surface area contributed by atoms with E-state index in [1.807, 2.05) is 0 Å². The molecule has 4 rings (SSSR count). The van der Waals surface area contributed by atoms with Crippen molar-refractivity contribution in [1.29, 1.82) is 5.26 Å². The minimum absolute atomic E-state index is 0.347. The molecule has 6 heteroatoms. The molecule has 0 saturated heterocycles. The van der Waals surface area contributed by atoms with Crippen molar-refractivity contribution in [3.05, 3.63) is 88.6 Å². The largest absolute Gasteiger partial charge is 0.280 e. The summed E-state index contributed by atoms with van der Waals surface area (Å²) < 4.78 is 14.5. The lowest BCUT2D eigenvalue weighted by molar-refractivity contribution is 0.626. The zero-order chi connectivity index (χ0) is 18.1. The molecular formula is C20H11FN4O. The fraction of sp³-hybridized carbons (Fsp3) is 0. The summed E-state index contributed by atoms with van der Waals surface area (Å²) >= 11 is 0. The lowest BCUT2D eigenvalue weighted by atomic mass is 10.1. The molecule has 0 bridgehead atoms. The van der Waals surface area contributed by atoms with Crippen LogP contribution < -0.4 is 5.56 Å². The van der Waals surface area contributed by atoms with Gasteiger partial charge in [-0.15, -0.1) is 0 Å². The summed E-state index contributed by atoms with van der Waals surface area (Å²) in [7, 11) is 0. The predicted molar refractivity (Wildman–Crippen MR) is 95.2 cm³/mol. The van der Waals surface area contributed by atoms with Gasteiger partial charge in [-0.1, -0.05) is 12.1 Å². The Kier molecular flexibility index (Phi) is 3.75. The number of aromatic nitrogens is 3. The van der Waals surface area contributed by atoms with Crippen LogP contribution in [-0.4, -0.2) is 14.8 Å². The molecular weight excluding hydrogens is 331 g/mol. The van der Waals surface area contributed by atoms with Crippen LogP contribution in [0.15, 0.2) is 71.7 Å². The van der Waals surface area contributed by atoms with Gasteiger partial charge in [-0.25, -0.2) is 4.39 Å². The van der Waals surface area contributed by atoms with Crippen molar-refractivity contribution < 1.29 is 4.39 Å². The second kappa shape index (κ2) is 6.22. The molecule has 4 aromatic rings. The molecule has 2 aromatic heterocycles. The van der Waals surface area contributed by atoms with Gasteiger partial charge < -0.3 is 0 Å². The Morgan fingerprint density at radius 2 is 1.85 bits per heavy atom. The normalized spacial score (nSPS) is 10.6. The Balaban J connectivity index is 2.06. The number of halogens is 1. The van der Waals surface area contributed by atoms with Crippen molar-refractivity contribution >= 4 is 10.9 Å². The van der Waals surface area contributed by atoms with Crippen molar-refractivity contribution in [1.82, 2.24) is 14.8 Å². The lowest BCUT2D eigenvalue weighted by Gasteiger charge is -2.11. The second-order valence-corrected chi connectivity index (χ2v) is 5.63. The molecule has 0 radical (unpaired) electrons. The summed E-state index contributed by atoms with van der Waals surface area (Å²) in [4.78, 5) is 17.1. The average Bonchev–Trinajstić information content (AvgIpc) is 2.69. The van der Waals surface area contributed by atoms with E-state index in [-0.39, 0.29) is 5.56 Å². The van der Waals surface area contributed by atoms with E-state index in [0.717, 1.165) is 0 Å². The minimum atomic E-state index is -0.397. The van der Waals surface area contributed by atoms with Crippen molar-refractivity contribution in [2.24, 2.45) is 0 Å². The standard InChI is InChI=1S/C20H11FN4O/c21-15-6-8-16(9-7-15)25-20(26)17-5-2-10-23-19(17)18(24-25)14-4-1-3-13(11-14)12-22/h1-11H. The molecule has 0 unspecified atom stereocenters. The van der Waals surface area contributed by atoms with Gasteiger partial charge in [0.15, 0.2) is 0 Å². The maximum atomic E-state index is 13.2. The summed E-state index contributed by atoms with van der Waals surface area (Å²) in [5.74, 6) is -0.397. The summed E-state index contributed by atoms with van der Waals surface area (Å²) in [5.41, 5.74) is 2.17. The van der Waals surface area contributed by atoms with Crippen LogP contribution in [-0.2, 0) is 0 Å². The number of benzene rings is 2. The number of fused-ring (bicyclic) bond motifs is 1. The van der Waals surface area contributed by atoms with E-state index in [2.05, 4.69) is 16.2 Å². The molecule has 0 aliphatic carbocycles. The highest BCUT2D eigenvalue weighted by Crippen LogP contribution is 2.24. The predicted octanol–water partition coefficient (Wildman–Crippen LogP) is 3.46. The molecule has 0 N–H and O–H groups in total. The molecule has 0 aliphatic heterocycles. The first-order valence-electron chi connectivity index (χ1n) is 7.82. The van der Waals surface area contributed by atoms with Gasteiger partial charge in [-0.05, 0) is 48.5 Å². The van der Waals surface area contributed by atoms with E-state index in [9.17, 15) is 9.18 Å². The van der Waals surface area contributed by atoms with Gasteiger partial charge in [0.05, 0.1) is 22.7 Å². The number of nitriles is 1. The van der Waals surface area contributed by atoms with Gasteiger partial charge >= 0.3 is 0 Å². The third-order valence-corrected chi connectivity index (χ3v) is 3.99. The molecule has 5 nitrogen and oxygen atoms in total. The molecule has 0 spiro atoms. The third-order valence-electron chi connectivity index (χ3n) is 3.99. The maximum absolute atomic E-state index is 13.2. The van der Waals surface area contributed by atoms with Gasteiger partial charge in [0.1, 0.15) is 17.0 Å². The molecule has 124 valence electrons.